The minimum absolute atomic E-state index is 0.0208. The average Bonchev–Trinajstić information content (AvgIpc) is 2.57. The number of ether oxygens (including phenoxy) is 1. The van der Waals surface area contributed by atoms with Crippen LogP contribution >= 0.6 is 0 Å². The Balaban J connectivity index is 2.20. The second-order valence-electron chi connectivity index (χ2n) is 9.95. The molecule has 1 atom stereocenters. The molecular weight excluding hydrogens is 368 g/mol. The van der Waals surface area contributed by atoms with Crippen molar-refractivity contribution >= 4 is 17.3 Å². The van der Waals surface area contributed by atoms with Crippen LogP contribution in [0.5, 0.6) is 5.75 Å². The zero-order valence-corrected chi connectivity index (χ0v) is 17.9. The van der Waals surface area contributed by atoms with Crippen LogP contribution in [0, 0.1) is 16.7 Å². The number of aliphatic hydroxyl groups is 1. The third-order valence-corrected chi connectivity index (χ3v) is 6.01. The predicted molar refractivity (Wildman–Crippen MR) is 110 cm³/mol. The van der Waals surface area contributed by atoms with Crippen molar-refractivity contribution in [2.75, 3.05) is 7.11 Å². The molecule has 0 saturated heterocycles. The fourth-order valence-electron chi connectivity index (χ4n) is 4.86. The van der Waals surface area contributed by atoms with E-state index in [0.717, 1.165) is 0 Å². The van der Waals surface area contributed by atoms with Gasteiger partial charge in [0, 0.05) is 42.7 Å². The summed E-state index contributed by atoms with van der Waals surface area (Å²) in [6.07, 6.45) is 1.13. The van der Waals surface area contributed by atoms with Crippen LogP contribution in [0.25, 0.3) is 0 Å². The molecule has 0 aromatic heterocycles. The van der Waals surface area contributed by atoms with Gasteiger partial charge in [0.2, 0.25) is 0 Å². The second kappa shape index (κ2) is 7.43. The Morgan fingerprint density at radius 2 is 1.48 bits per heavy atom. The number of ketones is 3. The lowest BCUT2D eigenvalue weighted by Gasteiger charge is -2.39. The summed E-state index contributed by atoms with van der Waals surface area (Å²) < 4.78 is 5.49. The molecule has 1 fully saturated rings. The van der Waals surface area contributed by atoms with Crippen LogP contribution in [0.15, 0.2) is 35.6 Å². The lowest BCUT2D eigenvalue weighted by atomic mass is 9.62. The second-order valence-corrected chi connectivity index (χ2v) is 9.95. The first-order valence-electron chi connectivity index (χ1n) is 10.1. The SMILES string of the molecule is COc1ccccc1C(C1=C(O)CC(C)(C)CC1=O)C1C(=O)CC(C)(C)CC1=O. The molecule has 1 unspecified atom stereocenters. The van der Waals surface area contributed by atoms with Gasteiger partial charge < -0.3 is 9.84 Å². The van der Waals surface area contributed by atoms with Gasteiger partial charge in [-0.05, 0) is 16.9 Å². The molecule has 0 heterocycles. The number of benzene rings is 1. The van der Waals surface area contributed by atoms with Crippen LogP contribution in [0.1, 0.15) is 64.9 Å². The molecule has 0 radical (unpaired) electrons. The molecule has 29 heavy (non-hydrogen) atoms. The first kappa shape index (κ1) is 21.3. The zero-order valence-electron chi connectivity index (χ0n) is 17.9. The lowest BCUT2D eigenvalue weighted by Crippen LogP contribution is -2.43. The van der Waals surface area contributed by atoms with Crippen molar-refractivity contribution in [2.24, 2.45) is 16.7 Å². The summed E-state index contributed by atoms with van der Waals surface area (Å²) in [6, 6.07) is 7.12. The molecule has 1 N–H and O–H groups in total. The van der Waals surface area contributed by atoms with E-state index in [-0.39, 0.29) is 53.4 Å². The molecule has 5 heteroatoms. The van der Waals surface area contributed by atoms with Gasteiger partial charge in [-0.1, -0.05) is 45.9 Å². The van der Waals surface area contributed by atoms with Crippen molar-refractivity contribution in [1.29, 1.82) is 0 Å². The smallest absolute Gasteiger partial charge is 0.163 e. The summed E-state index contributed by atoms with van der Waals surface area (Å²) in [7, 11) is 1.52. The summed E-state index contributed by atoms with van der Waals surface area (Å²) in [5.74, 6) is -1.90. The van der Waals surface area contributed by atoms with Gasteiger partial charge in [-0.3, -0.25) is 14.4 Å². The van der Waals surface area contributed by atoms with E-state index in [1.165, 1.54) is 7.11 Å². The fourth-order valence-corrected chi connectivity index (χ4v) is 4.86. The number of hydrogen-bond donors (Lipinski definition) is 1. The number of carbonyl (C=O) groups is 3. The molecular formula is C24H30O5. The van der Waals surface area contributed by atoms with Gasteiger partial charge in [0.15, 0.2) is 5.78 Å². The average molecular weight is 398 g/mol. The highest BCUT2D eigenvalue weighted by atomic mass is 16.5. The molecule has 1 saturated carbocycles. The van der Waals surface area contributed by atoms with Crippen LogP contribution in [0.2, 0.25) is 0 Å². The minimum atomic E-state index is -0.985. The summed E-state index contributed by atoms with van der Waals surface area (Å²) in [5.41, 5.74) is 0.0278. The number of methoxy groups -OCH3 is 1. The van der Waals surface area contributed by atoms with Crippen molar-refractivity contribution in [2.45, 2.75) is 59.3 Å². The molecule has 2 aliphatic rings. The number of rotatable bonds is 4. The number of Topliss-reactive ketones (excluding diaryl/α,β-unsaturated/α-hetero) is 3. The molecule has 1 aromatic carbocycles. The molecule has 3 rings (SSSR count). The van der Waals surface area contributed by atoms with Gasteiger partial charge >= 0.3 is 0 Å². The highest BCUT2D eigenvalue weighted by molar-refractivity contribution is 6.09. The quantitative estimate of drug-likeness (QED) is 0.752. The summed E-state index contributed by atoms with van der Waals surface area (Å²) >= 11 is 0. The van der Waals surface area contributed by atoms with Crippen molar-refractivity contribution in [3.05, 3.63) is 41.2 Å². The Hall–Kier alpha value is -2.43. The molecule has 0 spiro atoms. The maximum absolute atomic E-state index is 13.1. The monoisotopic (exact) mass is 398 g/mol. The summed E-state index contributed by atoms with van der Waals surface area (Å²) in [5, 5.41) is 10.9. The Morgan fingerprint density at radius 3 is 2.03 bits per heavy atom. The Kier molecular flexibility index (Phi) is 5.46. The highest BCUT2D eigenvalue weighted by Crippen LogP contribution is 2.49. The van der Waals surface area contributed by atoms with Gasteiger partial charge in [-0.25, -0.2) is 0 Å². The maximum atomic E-state index is 13.1. The third kappa shape index (κ3) is 4.14. The zero-order chi connectivity index (χ0) is 21.6. The lowest BCUT2D eigenvalue weighted by molar-refractivity contribution is -0.140. The predicted octanol–water partition coefficient (Wildman–Crippen LogP) is 4.55. The van der Waals surface area contributed by atoms with Crippen LogP contribution in [-0.2, 0) is 14.4 Å². The Bertz CT molecular complexity index is 870. The first-order valence-corrected chi connectivity index (χ1v) is 10.1. The van der Waals surface area contributed by atoms with E-state index in [9.17, 15) is 19.5 Å². The van der Waals surface area contributed by atoms with Crippen molar-refractivity contribution in [3.63, 3.8) is 0 Å². The van der Waals surface area contributed by atoms with E-state index >= 15 is 0 Å². The molecule has 0 amide bonds. The number of para-hydroxylation sites is 1. The minimum Gasteiger partial charge on any atom is -0.512 e. The van der Waals surface area contributed by atoms with E-state index < -0.39 is 17.3 Å². The van der Waals surface area contributed by atoms with Crippen LogP contribution in [0.3, 0.4) is 0 Å². The number of hydrogen-bond acceptors (Lipinski definition) is 5. The number of aliphatic hydroxyl groups excluding tert-OH is 1. The van der Waals surface area contributed by atoms with Crippen molar-refractivity contribution in [3.8, 4) is 5.75 Å². The molecule has 0 bridgehead atoms. The summed E-state index contributed by atoms with van der Waals surface area (Å²) in [4.78, 5) is 39.4. The van der Waals surface area contributed by atoms with Gasteiger partial charge in [0.25, 0.3) is 0 Å². The number of allylic oxidation sites excluding steroid dienone is 2. The molecule has 5 nitrogen and oxygen atoms in total. The van der Waals surface area contributed by atoms with Crippen molar-refractivity contribution in [1.82, 2.24) is 0 Å². The van der Waals surface area contributed by atoms with Gasteiger partial charge in [0.05, 0.1) is 13.0 Å². The Labute approximate surface area is 172 Å². The first-order chi connectivity index (χ1) is 13.5. The van der Waals surface area contributed by atoms with Gasteiger partial charge in [-0.2, -0.15) is 0 Å². The van der Waals surface area contributed by atoms with Crippen molar-refractivity contribution < 1.29 is 24.2 Å². The topological polar surface area (TPSA) is 80.7 Å². The maximum Gasteiger partial charge on any atom is 0.163 e. The van der Waals surface area contributed by atoms with Crippen LogP contribution in [-0.4, -0.2) is 29.6 Å². The molecule has 2 aliphatic carbocycles. The van der Waals surface area contributed by atoms with E-state index in [2.05, 4.69) is 0 Å². The van der Waals surface area contributed by atoms with E-state index in [0.29, 0.717) is 17.7 Å². The fraction of sp³-hybridized carbons (Fsp3) is 0.542. The Morgan fingerprint density at radius 1 is 0.931 bits per heavy atom. The third-order valence-electron chi connectivity index (χ3n) is 6.01. The van der Waals surface area contributed by atoms with Gasteiger partial charge in [-0.15, -0.1) is 0 Å². The molecule has 0 aliphatic heterocycles. The highest BCUT2D eigenvalue weighted by Gasteiger charge is 2.49. The summed E-state index contributed by atoms with van der Waals surface area (Å²) in [6.45, 7) is 7.66. The number of carbonyl (C=O) groups excluding carboxylic acids is 3. The molecule has 156 valence electrons. The van der Waals surface area contributed by atoms with E-state index in [1.807, 2.05) is 27.7 Å². The van der Waals surface area contributed by atoms with Crippen LogP contribution < -0.4 is 4.74 Å². The molecule has 1 aromatic rings. The van der Waals surface area contributed by atoms with Crippen LogP contribution in [0.4, 0.5) is 0 Å². The standard InChI is InChI=1S/C24H30O5/c1-23(2)10-15(25)21(16(26)11-23)20(14-8-6-7-9-19(14)29-5)22-17(27)12-24(3,4)13-18(22)28/h6-9,20-21,27H,10-13H2,1-5H3. The van der Waals surface area contributed by atoms with Gasteiger partial charge in [0.1, 0.15) is 23.1 Å². The largest absolute Gasteiger partial charge is 0.512 e. The normalized spacial score (nSPS) is 23.3. The van der Waals surface area contributed by atoms with E-state index in [1.54, 1.807) is 24.3 Å². The van der Waals surface area contributed by atoms with E-state index in [4.69, 9.17) is 4.74 Å².